The molecule has 154 valence electrons. The second-order valence-corrected chi connectivity index (χ2v) is 7.81. The molecule has 0 heterocycles. The van der Waals surface area contributed by atoms with Crippen LogP contribution in [0.4, 0.5) is 0 Å². The summed E-state index contributed by atoms with van der Waals surface area (Å²) >= 11 is 0. The molecule has 0 bridgehead atoms. The van der Waals surface area contributed by atoms with E-state index in [1.807, 2.05) is 24.3 Å². The Hall–Kier alpha value is -2.21. The molecular formula is C22H30O6. The molecule has 0 aliphatic heterocycles. The molecule has 0 amide bonds. The lowest BCUT2D eigenvalue weighted by molar-refractivity contribution is -0.172. The Labute approximate surface area is 166 Å². The summed E-state index contributed by atoms with van der Waals surface area (Å²) in [4.78, 5) is 38.2. The molecule has 6 heteroatoms. The van der Waals surface area contributed by atoms with Crippen LogP contribution in [0, 0.1) is 11.8 Å². The van der Waals surface area contributed by atoms with E-state index in [-0.39, 0.29) is 19.6 Å². The molecule has 0 unspecified atom stereocenters. The smallest absolute Gasteiger partial charge is 0.317 e. The summed E-state index contributed by atoms with van der Waals surface area (Å²) in [5.74, 6) is -4.46. The maximum atomic E-state index is 12.8. The molecule has 0 radical (unpaired) electrons. The monoisotopic (exact) mass is 390 g/mol. The van der Waals surface area contributed by atoms with Crippen molar-refractivity contribution in [3.05, 3.63) is 35.4 Å². The second kappa shape index (κ2) is 8.86. The topological polar surface area (TPSA) is 89.9 Å². The minimum atomic E-state index is -1.62. The molecule has 1 fully saturated rings. The summed E-state index contributed by atoms with van der Waals surface area (Å²) in [5.41, 5.74) is 0.111. The van der Waals surface area contributed by atoms with Crippen molar-refractivity contribution < 1.29 is 29.0 Å². The molecule has 2 rings (SSSR count). The Bertz CT molecular complexity index is 719. The number of hydrogen-bond acceptors (Lipinski definition) is 6. The highest BCUT2D eigenvalue weighted by Crippen LogP contribution is 2.46. The van der Waals surface area contributed by atoms with Crippen LogP contribution in [-0.2, 0) is 23.9 Å². The van der Waals surface area contributed by atoms with Crippen LogP contribution in [0.1, 0.15) is 64.0 Å². The van der Waals surface area contributed by atoms with Crippen LogP contribution < -0.4 is 0 Å². The van der Waals surface area contributed by atoms with Gasteiger partial charge in [-0.3, -0.25) is 14.4 Å². The molecule has 1 aromatic carbocycles. The number of ketones is 1. The Morgan fingerprint density at radius 2 is 1.64 bits per heavy atom. The molecule has 1 saturated carbocycles. The highest BCUT2D eigenvalue weighted by atomic mass is 16.5. The number of benzene rings is 1. The Kier molecular flexibility index (Phi) is 6.99. The summed E-state index contributed by atoms with van der Waals surface area (Å²) in [7, 11) is 0. The average molecular weight is 390 g/mol. The fourth-order valence-electron chi connectivity index (χ4n) is 3.98. The van der Waals surface area contributed by atoms with Crippen LogP contribution in [0.15, 0.2) is 24.3 Å². The van der Waals surface area contributed by atoms with Crippen molar-refractivity contribution in [1.82, 2.24) is 0 Å². The van der Waals surface area contributed by atoms with Gasteiger partial charge in [0.2, 0.25) is 0 Å². The van der Waals surface area contributed by atoms with E-state index in [1.54, 1.807) is 13.8 Å². The normalized spacial score (nSPS) is 27.5. The maximum Gasteiger partial charge on any atom is 0.317 e. The molecule has 1 aliphatic rings. The highest BCUT2D eigenvalue weighted by Gasteiger charge is 2.57. The van der Waals surface area contributed by atoms with Gasteiger partial charge in [0.15, 0.2) is 5.78 Å². The van der Waals surface area contributed by atoms with Crippen LogP contribution >= 0.6 is 0 Å². The second-order valence-electron chi connectivity index (χ2n) is 7.81. The lowest BCUT2D eigenvalue weighted by Crippen LogP contribution is -2.55. The summed E-state index contributed by atoms with van der Waals surface area (Å²) < 4.78 is 10.3. The molecule has 0 saturated heterocycles. The van der Waals surface area contributed by atoms with Crippen LogP contribution in [0.2, 0.25) is 0 Å². The first-order valence-electron chi connectivity index (χ1n) is 9.82. The molecule has 1 N–H and O–H groups in total. The minimum absolute atomic E-state index is 0.127. The van der Waals surface area contributed by atoms with Gasteiger partial charge in [-0.25, -0.2) is 0 Å². The fourth-order valence-corrected chi connectivity index (χ4v) is 3.98. The predicted octanol–water partition coefficient (Wildman–Crippen LogP) is 2.98. The van der Waals surface area contributed by atoms with Crippen molar-refractivity contribution in [1.29, 1.82) is 0 Å². The van der Waals surface area contributed by atoms with Gasteiger partial charge in [-0.1, -0.05) is 38.1 Å². The SMILES string of the molecule is CCOC(=O)[C@@H]1C(=O)C[C@](C)(O)[C@H](C(=O)OCC)[C@@H]1c1ccc(C(C)C)cc1. The van der Waals surface area contributed by atoms with Crippen molar-refractivity contribution in [2.45, 2.75) is 58.5 Å². The Morgan fingerprint density at radius 1 is 1.11 bits per heavy atom. The minimum Gasteiger partial charge on any atom is -0.466 e. The van der Waals surface area contributed by atoms with Gasteiger partial charge >= 0.3 is 11.9 Å². The Balaban J connectivity index is 2.59. The Morgan fingerprint density at radius 3 is 2.14 bits per heavy atom. The third-order valence-electron chi connectivity index (χ3n) is 5.34. The summed E-state index contributed by atoms with van der Waals surface area (Å²) in [5, 5.41) is 10.9. The zero-order chi connectivity index (χ0) is 21.1. The van der Waals surface area contributed by atoms with E-state index in [1.165, 1.54) is 6.92 Å². The number of carbonyl (C=O) groups excluding carboxylic acids is 3. The van der Waals surface area contributed by atoms with E-state index in [4.69, 9.17) is 9.47 Å². The lowest BCUT2D eigenvalue weighted by atomic mass is 9.61. The van der Waals surface area contributed by atoms with Crippen molar-refractivity contribution in [3.63, 3.8) is 0 Å². The number of esters is 2. The summed E-state index contributed by atoms with van der Waals surface area (Å²) in [6.07, 6.45) is -0.305. The number of hydrogen-bond donors (Lipinski definition) is 1. The number of rotatable bonds is 6. The first-order chi connectivity index (χ1) is 13.1. The van der Waals surface area contributed by atoms with Crippen molar-refractivity contribution in [2.75, 3.05) is 13.2 Å². The van der Waals surface area contributed by atoms with E-state index in [2.05, 4.69) is 13.8 Å². The lowest BCUT2D eigenvalue weighted by Gasteiger charge is -2.43. The van der Waals surface area contributed by atoms with Crippen molar-refractivity contribution in [2.24, 2.45) is 11.8 Å². The maximum absolute atomic E-state index is 12.8. The van der Waals surface area contributed by atoms with Gasteiger partial charge < -0.3 is 14.6 Å². The highest BCUT2D eigenvalue weighted by molar-refractivity contribution is 6.02. The van der Waals surface area contributed by atoms with Gasteiger partial charge in [0, 0.05) is 12.3 Å². The number of aliphatic hydroxyl groups is 1. The van der Waals surface area contributed by atoms with E-state index < -0.39 is 41.1 Å². The molecule has 1 aromatic rings. The van der Waals surface area contributed by atoms with Crippen LogP contribution in [0.25, 0.3) is 0 Å². The third kappa shape index (κ3) is 4.43. The largest absolute Gasteiger partial charge is 0.466 e. The molecule has 6 nitrogen and oxygen atoms in total. The standard InChI is InChI=1S/C22H30O6/c1-6-27-20(24)18-16(23)12-22(5,26)19(21(25)28-7-2)17(18)15-10-8-14(9-11-15)13(3)4/h8-11,13,17-19,26H,6-7,12H2,1-5H3/t17-,18-,19+,22+/m1/s1. The van der Waals surface area contributed by atoms with Crippen LogP contribution in [0.3, 0.4) is 0 Å². The van der Waals surface area contributed by atoms with E-state index in [0.717, 1.165) is 5.56 Å². The predicted molar refractivity (Wildman–Crippen MR) is 104 cm³/mol. The van der Waals surface area contributed by atoms with E-state index >= 15 is 0 Å². The van der Waals surface area contributed by atoms with Gasteiger partial charge in [-0.2, -0.15) is 0 Å². The number of ether oxygens (including phenoxy) is 2. The first kappa shape index (κ1) is 22.1. The zero-order valence-corrected chi connectivity index (χ0v) is 17.2. The fraction of sp³-hybridized carbons (Fsp3) is 0.591. The number of Topliss-reactive ketones (excluding diaryl/α,β-unsaturated/α-hetero) is 1. The first-order valence-corrected chi connectivity index (χ1v) is 9.82. The molecule has 1 aliphatic carbocycles. The zero-order valence-electron chi connectivity index (χ0n) is 17.2. The van der Waals surface area contributed by atoms with Gasteiger partial charge in [0.1, 0.15) is 5.92 Å². The van der Waals surface area contributed by atoms with Crippen LogP contribution in [0.5, 0.6) is 0 Å². The molecule has 4 atom stereocenters. The van der Waals surface area contributed by atoms with Gasteiger partial charge in [0.25, 0.3) is 0 Å². The van der Waals surface area contributed by atoms with Crippen molar-refractivity contribution >= 4 is 17.7 Å². The third-order valence-corrected chi connectivity index (χ3v) is 5.34. The number of carbonyl (C=O) groups is 3. The van der Waals surface area contributed by atoms with Crippen molar-refractivity contribution in [3.8, 4) is 0 Å². The van der Waals surface area contributed by atoms with Gasteiger partial charge in [-0.15, -0.1) is 0 Å². The molecule has 28 heavy (non-hydrogen) atoms. The van der Waals surface area contributed by atoms with Gasteiger partial charge in [-0.05, 0) is 37.8 Å². The van der Waals surface area contributed by atoms with E-state index in [0.29, 0.717) is 11.5 Å². The quantitative estimate of drug-likeness (QED) is 0.593. The van der Waals surface area contributed by atoms with Gasteiger partial charge in [0.05, 0.1) is 24.7 Å². The summed E-state index contributed by atoms with van der Waals surface area (Å²) in [6.45, 7) is 9.18. The van der Waals surface area contributed by atoms with E-state index in [9.17, 15) is 19.5 Å². The molecular weight excluding hydrogens is 360 g/mol. The summed E-state index contributed by atoms with van der Waals surface area (Å²) in [6, 6.07) is 7.46. The molecule has 0 spiro atoms. The molecule has 0 aromatic heterocycles. The average Bonchev–Trinajstić information content (AvgIpc) is 2.60. The van der Waals surface area contributed by atoms with Crippen LogP contribution in [-0.4, -0.2) is 41.6 Å².